The van der Waals surface area contributed by atoms with E-state index in [1.807, 2.05) is 6.92 Å². The number of carbonyl (C=O) groups excluding carboxylic acids is 1. The smallest absolute Gasteiger partial charge is 0.272 e. The van der Waals surface area contributed by atoms with E-state index < -0.39 is 10.8 Å². The van der Waals surface area contributed by atoms with Gasteiger partial charge in [0.2, 0.25) is 0 Å². The summed E-state index contributed by atoms with van der Waals surface area (Å²) in [6.07, 6.45) is 2.03. The Morgan fingerprint density at radius 3 is 2.68 bits per heavy atom. The van der Waals surface area contributed by atoms with E-state index >= 15 is 0 Å². The number of hydrogen-bond donors (Lipinski definition) is 3. The molecule has 1 fully saturated rings. The van der Waals surface area contributed by atoms with Crippen molar-refractivity contribution in [3.8, 4) is 0 Å². The second-order valence-corrected chi connectivity index (χ2v) is 7.45. The van der Waals surface area contributed by atoms with Crippen molar-refractivity contribution in [3.63, 3.8) is 0 Å². The minimum atomic E-state index is -0.509. The maximum absolute atomic E-state index is 12.7. The number of hydrogen-bond acceptors (Lipinski definition) is 6. The molecule has 1 aliphatic rings. The Kier molecular flexibility index (Phi) is 7.94. The van der Waals surface area contributed by atoms with E-state index in [0.29, 0.717) is 18.2 Å². The van der Waals surface area contributed by atoms with E-state index in [9.17, 15) is 14.9 Å². The number of nitrogens with one attached hydrogen (secondary N) is 3. The first kappa shape index (κ1) is 21.8. The fourth-order valence-electron chi connectivity index (χ4n) is 3.08. The molecule has 1 aromatic carbocycles. The first-order valence-corrected chi connectivity index (χ1v) is 9.61. The predicted octanol–water partition coefficient (Wildman–Crippen LogP) is 1.97. The molecule has 1 aliphatic heterocycles. The minimum absolute atomic E-state index is 0.0365. The maximum Gasteiger partial charge on any atom is 0.272 e. The van der Waals surface area contributed by atoms with Crippen LogP contribution in [0, 0.1) is 16.0 Å². The van der Waals surface area contributed by atoms with Gasteiger partial charge in [-0.3, -0.25) is 25.8 Å². The third-order valence-electron chi connectivity index (χ3n) is 4.64. The van der Waals surface area contributed by atoms with Gasteiger partial charge in [-0.05, 0) is 44.0 Å². The van der Waals surface area contributed by atoms with Gasteiger partial charge in [0, 0.05) is 38.4 Å². The highest BCUT2D eigenvalue weighted by molar-refractivity contribution is 7.80. The highest BCUT2D eigenvalue weighted by Gasteiger charge is 2.23. The fraction of sp³-hybridized carbons (Fsp3) is 0.556. The summed E-state index contributed by atoms with van der Waals surface area (Å²) in [7, 11) is 1.58. The zero-order valence-electron chi connectivity index (χ0n) is 16.4. The average molecular weight is 410 g/mol. The van der Waals surface area contributed by atoms with Crippen LogP contribution in [0.1, 0.15) is 37.0 Å². The lowest BCUT2D eigenvalue weighted by Crippen LogP contribution is -2.50. The highest BCUT2D eigenvalue weighted by atomic mass is 32.1. The van der Waals surface area contributed by atoms with Gasteiger partial charge in [-0.1, -0.05) is 6.92 Å². The monoisotopic (exact) mass is 409 g/mol. The molecule has 154 valence electrons. The molecule has 2 rings (SSSR count). The van der Waals surface area contributed by atoms with Crippen LogP contribution in [0.5, 0.6) is 0 Å². The molecule has 1 amide bonds. The van der Waals surface area contributed by atoms with Crippen LogP contribution < -0.4 is 21.1 Å². The second kappa shape index (κ2) is 10.2. The molecule has 0 aromatic heterocycles. The van der Waals surface area contributed by atoms with Gasteiger partial charge >= 0.3 is 0 Å². The molecule has 0 spiro atoms. The zero-order valence-corrected chi connectivity index (χ0v) is 17.2. The molecule has 0 radical (unpaired) electrons. The molecule has 0 aliphatic carbocycles. The van der Waals surface area contributed by atoms with Crippen LogP contribution in [0.3, 0.4) is 0 Å². The number of anilines is 1. The summed E-state index contributed by atoms with van der Waals surface area (Å²) in [4.78, 5) is 25.5. The number of hydrazine groups is 1. The molecule has 1 aromatic rings. The van der Waals surface area contributed by atoms with Gasteiger partial charge in [-0.2, -0.15) is 0 Å². The van der Waals surface area contributed by atoms with Gasteiger partial charge in [0.1, 0.15) is 0 Å². The first-order chi connectivity index (χ1) is 13.3. The topological polar surface area (TPSA) is 109 Å². The predicted molar refractivity (Wildman–Crippen MR) is 111 cm³/mol. The minimum Gasteiger partial charge on any atom is -0.383 e. The fourth-order valence-corrected chi connectivity index (χ4v) is 3.33. The summed E-state index contributed by atoms with van der Waals surface area (Å²) in [5.41, 5.74) is 5.94. The van der Waals surface area contributed by atoms with Crippen LogP contribution in [0.2, 0.25) is 0 Å². The van der Waals surface area contributed by atoms with Crippen molar-refractivity contribution in [1.29, 1.82) is 0 Å². The maximum atomic E-state index is 12.7. The van der Waals surface area contributed by atoms with Crippen molar-refractivity contribution in [1.82, 2.24) is 16.2 Å². The molecular weight excluding hydrogens is 382 g/mol. The lowest BCUT2D eigenvalue weighted by Gasteiger charge is -2.33. The number of carbonyl (C=O) groups is 1. The van der Waals surface area contributed by atoms with Crippen LogP contribution in [-0.2, 0) is 4.74 Å². The van der Waals surface area contributed by atoms with Crippen molar-refractivity contribution in [3.05, 3.63) is 33.9 Å². The van der Waals surface area contributed by atoms with Gasteiger partial charge < -0.3 is 15.0 Å². The third kappa shape index (κ3) is 6.03. The molecule has 0 unspecified atom stereocenters. The van der Waals surface area contributed by atoms with Crippen molar-refractivity contribution in [2.75, 3.05) is 31.7 Å². The van der Waals surface area contributed by atoms with Gasteiger partial charge in [0.05, 0.1) is 22.8 Å². The molecule has 1 atom stereocenters. The molecule has 1 saturated heterocycles. The Morgan fingerprint density at radius 2 is 2.07 bits per heavy atom. The van der Waals surface area contributed by atoms with Crippen molar-refractivity contribution >= 4 is 34.6 Å². The zero-order chi connectivity index (χ0) is 20.7. The lowest BCUT2D eigenvalue weighted by molar-refractivity contribution is -0.384. The normalized spacial score (nSPS) is 15.6. The molecule has 3 N–H and O–H groups in total. The summed E-state index contributed by atoms with van der Waals surface area (Å²) in [6.45, 7) is 6.15. The molecule has 1 heterocycles. The average Bonchev–Trinajstić information content (AvgIpc) is 2.66. The Labute approximate surface area is 169 Å². The van der Waals surface area contributed by atoms with Gasteiger partial charge in [0.15, 0.2) is 5.11 Å². The summed E-state index contributed by atoms with van der Waals surface area (Å²) in [5, 5.41) is 14.4. The number of ether oxygens (including phenoxy) is 1. The first-order valence-electron chi connectivity index (χ1n) is 9.21. The number of thiocarbonyl (C=S) groups is 1. The van der Waals surface area contributed by atoms with Crippen LogP contribution in [0.4, 0.5) is 11.4 Å². The van der Waals surface area contributed by atoms with E-state index in [-0.39, 0.29) is 22.4 Å². The number of nitrogens with zero attached hydrogens (tertiary/aromatic N) is 2. The Morgan fingerprint density at radius 1 is 1.39 bits per heavy atom. The third-order valence-corrected chi connectivity index (χ3v) is 4.86. The van der Waals surface area contributed by atoms with Gasteiger partial charge in [-0.25, -0.2) is 0 Å². The SMILES string of the molecule is COC[C@@H](C)NC(=S)NNC(=O)c1cc([N+](=O)[O-])ccc1N1CCC(C)CC1. The van der Waals surface area contributed by atoms with Crippen molar-refractivity contribution in [2.24, 2.45) is 5.92 Å². The second-order valence-electron chi connectivity index (χ2n) is 7.04. The molecule has 0 bridgehead atoms. The number of amides is 1. The summed E-state index contributed by atoms with van der Waals surface area (Å²) >= 11 is 5.14. The van der Waals surface area contributed by atoms with Crippen LogP contribution in [0.15, 0.2) is 18.2 Å². The van der Waals surface area contributed by atoms with E-state index in [4.69, 9.17) is 17.0 Å². The van der Waals surface area contributed by atoms with Crippen molar-refractivity contribution in [2.45, 2.75) is 32.7 Å². The summed E-state index contributed by atoms with van der Waals surface area (Å²) in [5.74, 6) is 0.145. The number of nitro groups is 1. The number of rotatable bonds is 6. The number of benzene rings is 1. The largest absolute Gasteiger partial charge is 0.383 e. The summed E-state index contributed by atoms with van der Waals surface area (Å²) in [6, 6.07) is 4.33. The molecule has 28 heavy (non-hydrogen) atoms. The lowest BCUT2D eigenvalue weighted by atomic mass is 9.98. The molecule has 0 saturated carbocycles. The van der Waals surface area contributed by atoms with Crippen LogP contribution in [-0.4, -0.2) is 48.8 Å². The standard InChI is InChI=1S/C18H27N5O4S/c1-12-6-8-22(9-7-12)16-5-4-14(23(25)26)10-15(16)17(24)20-21-18(28)19-13(2)11-27-3/h4-5,10,12-13H,6-9,11H2,1-3H3,(H,20,24)(H2,19,21,28)/t13-/m1/s1. The number of methoxy groups -OCH3 is 1. The summed E-state index contributed by atoms with van der Waals surface area (Å²) < 4.78 is 5.02. The Bertz CT molecular complexity index is 722. The van der Waals surface area contributed by atoms with E-state index in [2.05, 4.69) is 28.0 Å². The quantitative estimate of drug-likeness (QED) is 0.372. The Balaban J connectivity index is 2.12. The highest BCUT2D eigenvalue weighted by Crippen LogP contribution is 2.29. The van der Waals surface area contributed by atoms with Crippen LogP contribution in [0.25, 0.3) is 0 Å². The molecular formula is C18H27N5O4S. The van der Waals surface area contributed by atoms with Crippen LogP contribution >= 0.6 is 12.2 Å². The van der Waals surface area contributed by atoms with E-state index in [1.165, 1.54) is 12.1 Å². The number of nitro benzene ring substituents is 1. The van der Waals surface area contributed by atoms with Crippen molar-refractivity contribution < 1.29 is 14.5 Å². The number of non-ortho nitro benzene ring substituents is 1. The van der Waals surface area contributed by atoms with Gasteiger partial charge in [-0.15, -0.1) is 0 Å². The molecule has 10 heteroatoms. The van der Waals surface area contributed by atoms with E-state index in [0.717, 1.165) is 25.9 Å². The number of piperidine rings is 1. The Hall–Kier alpha value is -2.46. The van der Waals surface area contributed by atoms with E-state index in [1.54, 1.807) is 13.2 Å². The van der Waals surface area contributed by atoms with Gasteiger partial charge in [0.25, 0.3) is 11.6 Å². The molecule has 9 nitrogen and oxygen atoms in total.